The van der Waals surface area contributed by atoms with Crippen LogP contribution in [0.2, 0.25) is 0 Å². The molecule has 150 valence electrons. The van der Waals surface area contributed by atoms with Crippen LogP contribution in [0.15, 0.2) is 48.7 Å². The summed E-state index contributed by atoms with van der Waals surface area (Å²) in [6, 6.07) is 13.6. The van der Waals surface area contributed by atoms with Crippen LogP contribution in [0.1, 0.15) is 27.3 Å². The van der Waals surface area contributed by atoms with Gasteiger partial charge >= 0.3 is 0 Å². The number of hydrogen-bond donors (Lipinski definition) is 3. The van der Waals surface area contributed by atoms with Gasteiger partial charge in [-0.15, -0.1) is 0 Å². The van der Waals surface area contributed by atoms with Crippen molar-refractivity contribution in [2.45, 2.75) is 19.9 Å². The third-order valence-corrected chi connectivity index (χ3v) is 5.25. The summed E-state index contributed by atoms with van der Waals surface area (Å²) in [6.07, 6.45) is 2.68. The number of rotatable bonds is 5. The van der Waals surface area contributed by atoms with Crippen LogP contribution in [-0.2, 0) is 13.0 Å². The van der Waals surface area contributed by atoms with Gasteiger partial charge in [-0.05, 0) is 24.6 Å². The molecule has 0 saturated heterocycles. The normalized spacial score (nSPS) is 12.6. The smallest absolute Gasteiger partial charge is 0.252 e. The molecule has 0 aliphatic carbocycles. The molecule has 1 aromatic carbocycles. The molecule has 8 nitrogen and oxygen atoms in total. The van der Waals surface area contributed by atoms with E-state index in [0.717, 1.165) is 41.6 Å². The van der Waals surface area contributed by atoms with E-state index in [1.165, 1.54) is 5.56 Å². The first-order valence-corrected chi connectivity index (χ1v) is 9.82. The summed E-state index contributed by atoms with van der Waals surface area (Å²) < 4.78 is 1.83. The van der Waals surface area contributed by atoms with Crippen LogP contribution < -0.4 is 16.4 Å². The highest BCUT2D eigenvalue weighted by atomic mass is 16.1. The standard InChI is InChI=1S/C22H21N7O/c1-13-18(29-11-5-8-15(19(23)30)22(29)26-13)21-27-16-9-10-24-17(16)20(28-21)25-12-14-6-3-2-4-7-14/h2-8,11,24H,9-10,12H2,1H3,(H2,23,30)(H,25,27,28). The van der Waals surface area contributed by atoms with Gasteiger partial charge in [0.2, 0.25) is 0 Å². The number of amides is 1. The maximum Gasteiger partial charge on any atom is 0.252 e. The molecule has 1 aliphatic rings. The van der Waals surface area contributed by atoms with Crippen molar-refractivity contribution < 1.29 is 4.79 Å². The Kier molecular flexibility index (Phi) is 4.31. The third kappa shape index (κ3) is 3.02. The monoisotopic (exact) mass is 399 g/mol. The SMILES string of the molecule is Cc1nc2c(C(N)=O)cccn2c1-c1nc2c(c(NCc3ccccc3)n1)NCC2. The Balaban J connectivity index is 1.61. The number of carbonyl (C=O) groups excluding carboxylic acids is 1. The van der Waals surface area contributed by atoms with E-state index in [2.05, 4.69) is 27.8 Å². The summed E-state index contributed by atoms with van der Waals surface area (Å²) in [5.41, 5.74) is 11.0. The minimum atomic E-state index is -0.513. The summed E-state index contributed by atoms with van der Waals surface area (Å²) in [5.74, 6) is 0.817. The van der Waals surface area contributed by atoms with Gasteiger partial charge in [0.25, 0.3) is 5.91 Å². The zero-order chi connectivity index (χ0) is 20.7. The molecule has 0 saturated carbocycles. The van der Waals surface area contributed by atoms with E-state index in [4.69, 9.17) is 15.7 Å². The van der Waals surface area contributed by atoms with Crippen LogP contribution in [0.4, 0.5) is 11.5 Å². The number of pyridine rings is 1. The second kappa shape index (κ2) is 7.14. The number of aryl methyl sites for hydroxylation is 1. The minimum Gasteiger partial charge on any atom is -0.380 e. The number of primary amides is 1. The summed E-state index contributed by atoms with van der Waals surface area (Å²) in [5, 5.41) is 6.83. The van der Waals surface area contributed by atoms with Crippen molar-refractivity contribution >= 4 is 23.1 Å². The molecule has 0 atom stereocenters. The van der Waals surface area contributed by atoms with E-state index < -0.39 is 5.91 Å². The van der Waals surface area contributed by atoms with Gasteiger partial charge in [-0.2, -0.15) is 0 Å². The Bertz CT molecular complexity index is 1260. The second-order valence-electron chi connectivity index (χ2n) is 7.26. The highest BCUT2D eigenvalue weighted by Gasteiger charge is 2.23. The maximum absolute atomic E-state index is 11.8. The quantitative estimate of drug-likeness (QED) is 0.476. The van der Waals surface area contributed by atoms with E-state index in [9.17, 15) is 4.79 Å². The number of anilines is 2. The number of aromatic nitrogens is 4. The highest BCUT2D eigenvalue weighted by Crippen LogP contribution is 2.32. The van der Waals surface area contributed by atoms with Crippen molar-refractivity contribution in [3.05, 3.63) is 71.2 Å². The van der Waals surface area contributed by atoms with Crippen molar-refractivity contribution in [3.8, 4) is 11.5 Å². The Morgan fingerprint density at radius 3 is 2.80 bits per heavy atom. The molecule has 3 aromatic heterocycles. The maximum atomic E-state index is 11.8. The lowest BCUT2D eigenvalue weighted by molar-refractivity contribution is 0.100. The van der Waals surface area contributed by atoms with E-state index in [0.29, 0.717) is 23.6 Å². The van der Waals surface area contributed by atoms with Crippen molar-refractivity contribution in [1.82, 2.24) is 19.4 Å². The van der Waals surface area contributed by atoms with E-state index in [1.807, 2.05) is 35.7 Å². The molecule has 1 aliphatic heterocycles. The minimum absolute atomic E-state index is 0.372. The number of nitrogens with two attached hydrogens (primary N) is 1. The lowest BCUT2D eigenvalue weighted by Crippen LogP contribution is -2.12. The highest BCUT2D eigenvalue weighted by molar-refractivity contribution is 5.99. The number of nitrogens with zero attached hydrogens (tertiary/aromatic N) is 4. The first kappa shape index (κ1) is 18.1. The van der Waals surface area contributed by atoms with Crippen molar-refractivity contribution in [2.24, 2.45) is 5.73 Å². The van der Waals surface area contributed by atoms with E-state index in [-0.39, 0.29) is 0 Å². The Hall–Kier alpha value is -3.94. The van der Waals surface area contributed by atoms with Gasteiger partial charge in [-0.3, -0.25) is 9.20 Å². The fraction of sp³-hybridized carbons (Fsp3) is 0.182. The van der Waals surface area contributed by atoms with Gasteiger partial charge < -0.3 is 16.4 Å². The summed E-state index contributed by atoms with van der Waals surface area (Å²) in [4.78, 5) is 26.0. The molecule has 4 heterocycles. The van der Waals surface area contributed by atoms with Crippen LogP contribution in [0.3, 0.4) is 0 Å². The largest absolute Gasteiger partial charge is 0.380 e. The van der Waals surface area contributed by atoms with Gasteiger partial charge in [-0.1, -0.05) is 30.3 Å². The number of benzene rings is 1. The van der Waals surface area contributed by atoms with Crippen molar-refractivity contribution in [3.63, 3.8) is 0 Å². The second-order valence-corrected chi connectivity index (χ2v) is 7.26. The molecule has 0 radical (unpaired) electrons. The fourth-order valence-electron chi connectivity index (χ4n) is 3.84. The first-order chi connectivity index (χ1) is 14.6. The molecule has 0 spiro atoms. The molecule has 0 unspecified atom stereocenters. The number of fused-ring (bicyclic) bond motifs is 2. The molecule has 1 amide bonds. The Labute approximate surface area is 173 Å². The predicted octanol–water partition coefficient (Wildman–Crippen LogP) is 2.78. The van der Waals surface area contributed by atoms with Gasteiger partial charge in [0.1, 0.15) is 11.3 Å². The number of imidazole rings is 1. The van der Waals surface area contributed by atoms with Crippen LogP contribution >= 0.6 is 0 Å². The average molecular weight is 399 g/mol. The zero-order valence-corrected chi connectivity index (χ0v) is 16.5. The number of hydrogen-bond acceptors (Lipinski definition) is 6. The lowest BCUT2D eigenvalue weighted by Gasteiger charge is -2.13. The van der Waals surface area contributed by atoms with Crippen LogP contribution in [0.5, 0.6) is 0 Å². The average Bonchev–Trinajstić information content (AvgIpc) is 3.35. The Morgan fingerprint density at radius 2 is 2.00 bits per heavy atom. The molecular formula is C22H21N7O. The predicted molar refractivity (Wildman–Crippen MR) is 115 cm³/mol. The summed E-state index contributed by atoms with van der Waals surface area (Å²) in [6.45, 7) is 3.37. The molecule has 4 aromatic rings. The molecule has 30 heavy (non-hydrogen) atoms. The van der Waals surface area contributed by atoms with Gasteiger partial charge in [-0.25, -0.2) is 15.0 Å². The van der Waals surface area contributed by atoms with Crippen LogP contribution in [-0.4, -0.2) is 31.8 Å². The van der Waals surface area contributed by atoms with E-state index >= 15 is 0 Å². The van der Waals surface area contributed by atoms with Gasteiger partial charge in [0.15, 0.2) is 11.6 Å². The lowest BCUT2D eigenvalue weighted by atomic mass is 10.2. The third-order valence-electron chi connectivity index (χ3n) is 5.25. The van der Waals surface area contributed by atoms with Gasteiger partial charge in [0.05, 0.1) is 22.6 Å². The zero-order valence-electron chi connectivity index (χ0n) is 16.5. The number of nitrogens with one attached hydrogen (secondary N) is 2. The van der Waals surface area contributed by atoms with Crippen LogP contribution in [0.25, 0.3) is 17.2 Å². The van der Waals surface area contributed by atoms with Crippen molar-refractivity contribution in [1.29, 1.82) is 0 Å². The molecule has 4 N–H and O–H groups in total. The molecule has 0 bridgehead atoms. The topological polar surface area (TPSA) is 110 Å². The number of carbonyl (C=O) groups is 1. The van der Waals surface area contributed by atoms with Crippen LogP contribution in [0, 0.1) is 6.92 Å². The summed E-state index contributed by atoms with van der Waals surface area (Å²) >= 11 is 0. The molecule has 0 fully saturated rings. The molecular weight excluding hydrogens is 378 g/mol. The van der Waals surface area contributed by atoms with Crippen molar-refractivity contribution in [2.75, 3.05) is 17.2 Å². The van der Waals surface area contributed by atoms with Gasteiger partial charge in [0, 0.05) is 25.7 Å². The summed E-state index contributed by atoms with van der Waals surface area (Å²) in [7, 11) is 0. The molecule has 8 heteroatoms. The fourth-order valence-corrected chi connectivity index (χ4v) is 3.84. The molecule has 5 rings (SSSR count). The first-order valence-electron chi connectivity index (χ1n) is 9.82. The Morgan fingerprint density at radius 1 is 1.17 bits per heavy atom. The van der Waals surface area contributed by atoms with E-state index in [1.54, 1.807) is 12.1 Å².